The fraction of sp³-hybridized carbons (Fsp3) is 0.273. The van der Waals surface area contributed by atoms with Crippen molar-refractivity contribution in [3.05, 3.63) is 286 Å². The second kappa shape index (κ2) is 66.6. The van der Waals surface area contributed by atoms with Crippen LogP contribution >= 0.6 is 0 Å². The number of rotatable bonds is 24. The highest BCUT2D eigenvalue weighted by Gasteiger charge is 2.01. The molecular formula is C88H128N32. The molecule has 8 aromatic carbocycles. The van der Waals surface area contributed by atoms with Gasteiger partial charge in [0.1, 0.15) is 0 Å². The SMILES string of the molecule is [2H]c1c([2H])c([2H])c(CCN=C(N)NC(C)=N)c([2H])c1[2H].[2H]c1cc(CCN=C(N)NC(C)=N)c([2H])c([2H])c1[2H].[2H]c1cc([2H])c(CCN=C(N)NC(C)=N)c([2H])c1.[2H]c1cc([2H])c(CCN=C(N)NC(C)=N)c([2H])c1[2H].[2H]c1cc([2H])c(CCN=C(N)NC(C)=N)cc1[2H].[2H]c1cc([2H])c([2H])c(CCN=C(N)NC(C)=N)c1.[2H]c1cc([2H])c([2H])c(CCN=C(N)NC(C)=N)c1[2H].[2H]c1ccc([2H])c(CCN=C(N)NC(C)=N)c1[2H]. The minimum Gasteiger partial charge on any atom is -0.370 e. The second-order valence-corrected chi connectivity index (χ2v) is 23.7. The van der Waals surface area contributed by atoms with Crippen LogP contribution in [0.2, 0.25) is 0 Å². The number of benzene rings is 8. The molecule has 0 bridgehead atoms. The third-order valence-electron chi connectivity index (χ3n) is 12.7. The smallest absolute Gasteiger partial charge is 0.194 e. The van der Waals surface area contributed by atoms with Crippen molar-refractivity contribution in [2.24, 2.45) is 85.8 Å². The summed E-state index contributed by atoms with van der Waals surface area (Å²) in [5.74, 6) is 2.50. The lowest BCUT2D eigenvalue weighted by atomic mass is 10.2. The quantitative estimate of drug-likeness (QED) is 0.0198. The van der Waals surface area contributed by atoms with Gasteiger partial charge in [-0.2, -0.15) is 0 Å². The van der Waals surface area contributed by atoms with E-state index in [0.29, 0.717) is 104 Å². The Morgan fingerprint density at radius 2 is 0.392 bits per heavy atom. The van der Waals surface area contributed by atoms with Crippen LogP contribution in [-0.4, -0.2) is 147 Å². The number of hydrogen-bond donors (Lipinski definition) is 24. The van der Waals surface area contributed by atoms with E-state index in [-0.39, 0.29) is 308 Å². The maximum atomic E-state index is 7.73. The van der Waals surface area contributed by atoms with E-state index >= 15 is 0 Å². The Morgan fingerprint density at radius 1 is 0.208 bits per heavy atom. The van der Waals surface area contributed by atoms with Gasteiger partial charge < -0.3 is 88.4 Å². The van der Waals surface area contributed by atoms with Crippen LogP contribution in [0.25, 0.3) is 0 Å². The van der Waals surface area contributed by atoms with Crippen molar-refractivity contribution in [3.8, 4) is 0 Å². The van der Waals surface area contributed by atoms with Crippen molar-refractivity contribution in [2.45, 2.75) is 107 Å². The molecule has 0 saturated carbocycles. The van der Waals surface area contributed by atoms with Crippen molar-refractivity contribution in [1.29, 1.82) is 43.3 Å². The summed E-state index contributed by atoms with van der Waals surface area (Å²) in [4.78, 5) is 31.8. The van der Waals surface area contributed by atoms with Crippen LogP contribution in [0.15, 0.2) is 282 Å². The highest BCUT2D eigenvalue weighted by Crippen LogP contribution is 2.06. The van der Waals surface area contributed by atoms with E-state index in [1.807, 2.05) is 0 Å². The molecule has 0 aliphatic rings. The lowest BCUT2D eigenvalue weighted by Gasteiger charge is -2.02. The second-order valence-electron chi connectivity index (χ2n) is 23.7. The van der Waals surface area contributed by atoms with Gasteiger partial charge in [0.15, 0.2) is 47.7 Å². The molecule has 8 rings (SSSR count). The number of nitrogens with one attached hydrogen (secondary N) is 16. The monoisotopic (exact) mass is 1660 g/mol. The third kappa shape index (κ3) is 64.6. The van der Waals surface area contributed by atoms with Gasteiger partial charge in [0.05, 0.1) is 86.4 Å². The molecule has 640 valence electrons. The number of guanidine groups is 8. The molecule has 0 fully saturated rings. The van der Waals surface area contributed by atoms with E-state index in [1.54, 1.807) is 33.8 Å². The Labute approximate surface area is 749 Å². The van der Waals surface area contributed by atoms with E-state index in [4.69, 9.17) is 129 Å². The normalized spacial score (nSPS) is 14.5. The van der Waals surface area contributed by atoms with Crippen LogP contribution in [0.5, 0.6) is 0 Å². The van der Waals surface area contributed by atoms with Gasteiger partial charge in [-0.05, 0) is 151 Å². The summed E-state index contributed by atoms with van der Waals surface area (Å²) >= 11 is 0. The average molecular weight is 1660 g/mol. The summed E-state index contributed by atoms with van der Waals surface area (Å²) in [6.07, 6.45) is 2.80. The van der Waals surface area contributed by atoms with Crippen LogP contribution < -0.4 is 88.4 Å². The van der Waals surface area contributed by atoms with Crippen molar-refractivity contribution in [2.75, 3.05) is 52.4 Å². The number of amidine groups is 8. The molecule has 0 aromatic heterocycles. The summed E-state index contributed by atoms with van der Waals surface area (Å²) in [7, 11) is 0. The average Bonchev–Trinajstić information content (AvgIpc) is 0.798. The van der Waals surface area contributed by atoms with Crippen LogP contribution in [0, 0.1) is 43.3 Å². The highest BCUT2D eigenvalue weighted by atomic mass is 15.2. The van der Waals surface area contributed by atoms with Gasteiger partial charge in [-0.3, -0.25) is 83.2 Å². The van der Waals surface area contributed by atoms with Gasteiger partial charge in [0.2, 0.25) is 0 Å². The molecule has 0 amide bonds. The number of nitrogens with zero attached hydrogens (tertiary/aromatic N) is 8. The molecule has 8 aromatic rings. The Bertz CT molecular complexity index is 6250. The summed E-state index contributed by atoms with van der Waals surface area (Å²) in [5.41, 5.74) is 47.8. The van der Waals surface area contributed by atoms with Crippen LogP contribution in [0.3, 0.4) is 0 Å². The van der Waals surface area contributed by atoms with Crippen molar-refractivity contribution < 1.29 is 39.8 Å². The molecule has 0 saturated heterocycles. The number of aliphatic imine (C=N–C) groups is 8. The predicted octanol–water partition coefficient (Wildman–Crippen LogP) is 9.04. The predicted molar refractivity (Wildman–Crippen MR) is 505 cm³/mol. The van der Waals surface area contributed by atoms with Gasteiger partial charge in [-0.1, -0.05) is 242 Å². The van der Waals surface area contributed by atoms with Gasteiger partial charge in [-0.15, -0.1) is 0 Å². The Hall–Kier alpha value is -14.7. The number of hydrogen-bond acceptors (Lipinski definition) is 16. The summed E-state index contributed by atoms with van der Waals surface area (Å²) in [6, 6.07) is 14.3. The van der Waals surface area contributed by atoms with E-state index in [9.17, 15) is 0 Å². The standard InChI is InChI=1S/8C11H16N4/c8*1-9(12)15-11(13)14-8-7-10-5-3-2-4-6-10/h8*2-6H,7-8H2,1H3,(H4,12,13,14,15)/i2D,3D,4D,5D,6D;3D,4D,5D,6D;2D,3D,5D,6D;2D,3D,4D,5D;3D,5D,6D;3D,4D,5D;2D,5D,6D;2D,3D,6D. The maximum Gasteiger partial charge on any atom is 0.194 e. The lowest BCUT2D eigenvalue weighted by molar-refractivity contribution is 0.955. The summed E-state index contributed by atoms with van der Waals surface area (Å²) in [5, 5.41) is 77.6. The lowest BCUT2D eigenvalue weighted by Crippen LogP contribution is -2.35. The summed E-state index contributed by atoms with van der Waals surface area (Å²) < 4.78 is 220. The van der Waals surface area contributed by atoms with Crippen molar-refractivity contribution >= 4 is 94.4 Å². The first kappa shape index (κ1) is 63.5. The van der Waals surface area contributed by atoms with Gasteiger partial charge in [0, 0.05) is 52.4 Å². The molecule has 0 spiro atoms. The zero-order valence-corrected chi connectivity index (χ0v) is 68.4. The van der Waals surface area contributed by atoms with Gasteiger partial charge in [0.25, 0.3) is 0 Å². The van der Waals surface area contributed by atoms with E-state index in [2.05, 4.69) is 82.5 Å². The van der Waals surface area contributed by atoms with E-state index in [1.165, 1.54) is 88.4 Å². The molecule has 0 aliphatic heterocycles. The molecule has 120 heavy (non-hydrogen) atoms. The molecule has 0 aliphatic carbocycles. The Balaban J connectivity index is 0.000000852. The molecular weight excluding hydrogens is 1510 g/mol. The zero-order valence-electron chi connectivity index (χ0n) is 97.4. The van der Waals surface area contributed by atoms with Crippen LogP contribution in [0.1, 0.15) is 140 Å². The fourth-order valence-corrected chi connectivity index (χ4v) is 7.84. The Kier molecular flexibility index (Phi) is 35.2. The first-order chi connectivity index (χ1) is 69.3. The zero-order chi connectivity index (χ0) is 114. The van der Waals surface area contributed by atoms with Gasteiger partial charge >= 0.3 is 0 Å². The third-order valence-corrected chi connectivity index (χ3v) is 12.7. The van der Waals surface area contributed by atoms with E-state index in [0.717, 1.165) is 0 Å². The largest absolute Gasteiger partial charge is 0.370 e. The number of nitrogens with two attached hydrogens (primary N) is 8. The first-order valence-electron chi connectivity index (χ1n) is 50.8. The molecule has 0 heterocycles. The molecule has 0 atom stereocenters. The van der Waals surface area contributed by atoms with E-state index < -0.39 is 6.04 Å². The van der Waals surface area contributed by atoms with Gasteiger partial charge in [-0.25, -0.2) is 0 Å². The topological polar surface area (TPSA) is 594 Å². The molecule has 32 heteroatoms. The fourth-order valence-electron chi connectivity index (χ4n) is 7.84. The summed E-state index contributed by atoms with van der Waals surface area (Å²) in [6.45, 7) is 14.6. The molecule has 0 radical (unpaired) electrons. The van der Waals surface area contributed by atoms with Crippen molar-refractivity contribution in [3.63, 3.8) is 0 Å². The maximum absolute atomic E-state index is 7.73. The van der Waals surface area contributed by atoms with Crippen molar-refractivity contribution in [1.82, 2.24) is 42.5 Å². The molecule has 32 nitrogen and oxygen atoms in total. The minimum absolute atomic E-state index is 0.0444. The highest BCUT2D eigenvalue weighted by molar-refractivity contribution is 6.00. The first-order valence-corrected chi connectivity index (χ1v) is 36.3. The molecule has 32 N–H and O–H groups in total. The van der Waals surface area contributed by atoms with Crippen LogP contribution in [0.4, 0.5) is 0 Å². The minimum atomic E-state index is -0.409. The molecule has 0 unspecified atom stereocenters. The Morgan fingerprint density at radius 3 is 0.708 bits per heavy atom. The van der Waals surface area contributed by atoms with Crippen LogP contribution in [-0.2, 0) is 51.4 Å².